The number of fused-ring (bicyclic) bond motifs is 1. The van der Waals surface area contributed by atoms with Gasteiger partial charge < -0.3 is 4.90 Å². The summed E-state index contributed by atoms with van der Waals surface area (Å²) in [6.45, 7) is 5.75. The van der Waals surface area contributed by atoms with Crippen LogP contribution in [-0.2, 0) is 0 Å². The second-order valence-electron chi connectivity index (χ2n) is 5.80. The van der Waals surface area contributed by atoms with Crippen LogP contribution in [0.2, 0.25) is 0 Å². The van der Waals surface area contributed by atoms with E-state index in [4.69, 9.17) is 0 Å². The van der Waals surface area contributed by atoms with Gasteiger partial charge in [0.1, 0.15) is 0 Å². The van der Waals surface area contributed by atoms with Crippen molar-refractivity contribution in [2.75, 3.05) is 18.5 Å². The van der Waals surface area contributed by atoms with Crippen LogP contribution >= 0.6 is 0 Å². The molecule has 0 spiro atoms. The van der Waals surface area contributed by atoms with Crippen LogP contribution in [0, 0.1) is 5.92 Å². The maximum Gasteiger partial charge on any atom is 0.0443 e. The number of hydrogen-bond donors (Lipinski definition) is 0. The minimum absolute atomic E-state index is 0.805. The Balaban J connectivity index is 2.16. The zero-order valence-electron chi connectivity index (χ0n) is 13.1. The fourth-order valence-corrected chi connectivity index (χ4v) is 2.94. The van der Waals surface area contributed by atoms with E-state index in [0.717, 1.165) is 12.5 Å². The van der Waals surface area contributed by atoms with Crippen molar-refractivity contribution in [3.63, 3.8) is 0 Å². The number of anilines is 1. The molecule has 0 bridgehead atoms. The Morgan fingerprint density at radius 3 is 2.50 bits per heavy atom. The van der Waals surface area contributed by atoms with Crippen molar-refractivity contribution in [1.29, 1.82) is 0 Å². The molecule has 2 aromatic carbocycles. The highest BCUT2D eigenvalue weighted by Crippen LogP contribution is 2.27. The summed E-state index contributed by atoms with van der Waals surface area (Å²) in [7, 11) is 2.23. The van der Waals surface area contributed by atoms with Gasteiger partial charge in [-0.25, -0.2) is 0 Å². The topological polar surface area (TPSA) is 3.24 Å². The van der Waals surface area contributed by atoms with Gasteiger partial charge in [-0.3, -0.25) is 0 Å². The molecule has 1 nitrogen and oxygen atoms in total. The van der Waals surface area contributed by atoms with E-state index in [1.165, 1.54) is 42.1 Å². The zero-order chi connectivity index (χ0) is 14.4. The van der Waals surface area contributed by atoms with Crippen molar-refractivity contribution in [1.82, 2.24) is 0 Å². The Morgan fingerprint density at radius 2 is 1.75 bits per heavy atom. The number of nitrogens with zero attached hydrogens (tertiary/aromatic N) is 1. The lowest BCUT2D eigenvalue weighted by molar-refractivity contribution is 0.454. The lowest BCUT2D eigenvalue weighted by Gasteiger charge is -2.26. The summed E-state index contributed by atoms with van der Waals surface area (Å²) in [4.78, 5) is 2.44. The molecule has 0 fully saturated rings. The van der Waals surface area contributed by atoms with Gasteiger partial charge in [0.25, 0.3) is 0 Å². The molecule has 2 aromatic rings. The molecule has 0 aliphatic heterocycles. The first kappa shape index (κ1) is 14.9. The van der Waals surface area contributed by atoms with E-state index in [1.807, 2.05) is 0 Å². The average Bonchev–Trinajstić information content (AvgIpc) is 2.50. The molecular weight excluding hydrogens is 242 g/mol. The molecule has 1 atom stereocenters. The van der Waals surface area contributed by atoms with Crippen molar-refractivity contribution >= 4 is 16.5 Å². The van der Waals surface area contributed by atoms with Crippen LogP contribution in [0.1, 0.15) is 39.5 Å². The van der Waals surface area contributed by atoms with E-state index in [-0.39, 0.29) is 0 Å². The molecule has 0 aliphatic rings. The molecule has 0 saturated carbocycles. The van der Waals surface area contributed by atoms with Crippen LogP contribution in [0.15, 0.2) is 42.5 Å². The van der Waals surface area contributed by atoms with Gasteiger partial charge in [-0.1, -0.05) is 69.5 Å². The Morgan fingerprint density at radius 1 is 1.00 bits per heavy atom. The minimum atomic E-state index is 0.805. The third-order valence-corrected chi connectivity index (χ3v) is 4.25. The molecule has 0 aromatic heterocycles. The zero-order valence-corrected chi connectivity index (χ0v) is 13.1. The van der Waals surface area contributed by atoms with Crippen molar-refractivity contribution in [2.24, 2.45) is 5.92 Å². The quantitative estimate of drug-likeness (QED) is 0.642. The number of benzene rings is 2. The highest BCUT2D eigenvalue weighted by atomic mass is 15.1. The molecule has 20 heavy (non-hydrogen) atoms. The van der Waals surface area contributed by atoms with Crippen LogP contribution < -0.4 is 4.90 Å². The molecule has 0 aliphatic carbocycles. The summed E-state index contributed by atoms with van der Waals surface area (Å²) in [5, 5.41) is 2.70. The van der Waals surface area contributed by atoms with Gasteiger partial charge in [-0.15, -0.1) is 0 Å². The Kier molecular flexibility index (Phi) is 5.46. The van der Waals surface area contributed by atoms with E-state index < -0.39 is 0 Å². The first-order chi connectivity index (χ1) is 9.76. The van der Waals surface area contributed by atoms with Gasteiger partial charge in [-0.05, 0) is 23.8 Å². The fourth-order valence-electron chi connectivity index (χ4n) is 2.94. The summed E-state index contributed by atoms with van der Waals surface area (Å²) < 4.78 is 0. The van der Waals surface area contributed by atoms with Crippen molar-refractivity contribution in [3.05, 3.63) is 42.5 Å². The van der Waals surface area contributed by atoms with Crippen molar-refractivity contribution in [3.8, 4) is 0 Å². The van der Waals surface area contributed by atoms with E-state index in [2.05, 4.69) is 68.3 Å². The second kappa shape index (κ2) is 7.33. The molecule has 1 unspecified atom stereocenters. The Hall–Kier alpha value is -1.50. The van der Waals surface area contributed by atoms with Crippen LogP contribution in [0.3, 0.4) is 0 Å². The lowest BCUT2D eigenvalue weighted by atomic mass is 9.98. The van der Waals surface area contributed by atoms with Gasteiger partial charge in [0.15, 0.2) is 0 Å². The van der Waals surface area contributed by atoms with Crippen LogP contribution in [0.5, 0.6) is 0 Å². The van der Waals surface area contributed by atoms with E-state index >= 15 is 0 Å². The first-order valence-corrected chi connectivity index (χ1v) is 7.95. The summed E-state index contributed by atoms with van der Waals surface area (Å²) in [5.41, 5.74) is 1.36. The maximum atomic E-state index is 2.44. The van der Waals surface area contributed by atoms with Gasteiger partial charge in [0.05, 0.1) is 0 Å². The SMILES string of the molecule is CCCCC(CC)CN(C)c1cccc2ccccc12. The van der Waals surface area contributed by atoms with E-state index in [0.29, 0.717) is 0 Å². The summed E-state index contributed by atoms with van der Waals surface area (Å²) >= 11 is 0. The molecular formula is C19H27N. The molecule has 108 valence electrons. The first-order valence-electron chi connectivity index (χ1n) is 7.95. The predicted octanol–water partition coefficient (Wildman–Crippen LogP) is 5.49. The second-order valence-corrected chi connectivity index (χ2v) is 5.80. The maximum absolute atomic E-state index is 2.44. The fraction of sp³-hybridized carbons (Fsp3) is 0.474. The molecule has 0 heterocycles. The Bertz CT molecular complexity index is 527. The number of unbranched alkanes of at least 4 members (excludes halogenated alkanes) is 1. The molecule has 1 heteroatoms. The number of hydrogen-bond acceptors (Lipinski definition) is 1. The summed E-state index contributed by atoms with van der Waals surface area (Å²) in [6.07, 6.45) is 5.27. The number of rotatable bonds is 7. The van der Waals surface area contributed by atoms with E-state index in [9.17, 15) is 0 Å². The van der Waals surface area contributed by atoms with Crippen molar-refractivity contribution in [2.45, 2.75) is 39.5 Å². The van der Waals surface area contributed by atoms with Gasteiger partial charge in [0.2, 0.25) is 0 Å². The summed E-state index contributed by atoms with van der Waals surface area (Å²) in [5.74, 6) is 0.805. The van der Waals surface area contributed by atoms with Gasteiger partial charge >= 0.3 is 0 Å². The van der Waals surface area contributed by atoms with E-state index in [1.54, 1.807) is 0 Å². The monoisotopic (exact) mass is 269 g/mol. The molecule has 0 radical (unpaired) electrons. The highest BCUT2D eigenvalue weighted by molar-refractivity contribution is 5.94. The predicted molar refractivity (Wildman–Crippen MR) is 90.5 cm³/mol. The third-order valence-electron chi connectivity index (χ3n) is 4.25. The summed E-state index contributed by atoms with van der Waals surface area (Å²) in [6, 6.07) is 15.3. The molecule has 0 saturated heterocycles. The average molecular weight is 269 g/mol. The van der Waals surface area contributed by atoms with Crippen LogP contribution in [-0.4, -0.2) is 13.6 Å². The minimum Gasteiger partial charge on any atom is -0.374 e. The highest BCUT2D eigenvalue weighted by Gasteiger charge is 2.11. The standard InChI is InChI=1S/C19H27N/c1-4-6-10-16(5-2)15-20(3)19-14-9-12-17-11-7-8-13-18(17)19/h7-9,11-14,16H,4-6,10,15H2,1-3H3. The normalized spacial score (nSPS) is 12.6. The van der Waals surface area contributed by atoms with Gasteiger partial charge in [0, 0.05) is 24.7 Å². The third kappa shape index (κ3) is 3.53. The largest absolute Gasteiger partial charge is 0.374 e. The van der Waals surface area contributed by atoms with Crippen LogP contribution in [0.25, 0.3) is 10.8 Å². The lowest BCUT2D eigenvalue weighted by Crippen LogP contribution is -2.25. The van der Waals surface area contributed by atoms with Crippen LogP contribution in [0.4, 0.5) is 5.69 Å². The molecule has 2 rings (SSSR count). The van der Waals surface area contributed by atoms with Gasteiger partial charge in [-0.2, -0.15) is 0 Å². The molecule has 0 amide bonds. The molecule has 0 N–H and O–H groups in total. The van der Waals surface area contributed by atoms with Crippen molar-refractivity contribution < 1.29 is 0 Å². The Labute approximate surface area is 123 Å². The smallest absolute Gasteiger partial charge is 0.0443 e.